The fourth-order valence-electron chi connectivity index (χ4n) is 4.52. The fraction of sp³-hybridized carbons (Fsp3) is 0.308. The molecule has 6 rings (SSSR count). The van der Waals surface area contributed by atoms with E-state index >= 15 is 0 Å². The highest BCUT2D eigenvalue weighted by molar-refractivity contribution is 5.98. The van der Waals surface area contributed by atoms with Gasteiger partial charge in [0.2, 0.25) is 0 Å². The molecule has 1 aliphatic carbocycles. The highest BCUT2D eigenvalue weighted by Crippen LogP contribution is 2.39. The summed E-state index contributed by atoms with van der Waals surface area (Å²) in [7, 11) is 3.22. The van der Waals surface area contributed by atoms with Crippen molar-refractivity contribution < 1.29 is 18.8 Å². The summed E-state index contributed by atoms with van der Waals surface area (Å²) in [6.07, 6.45) is 3.89. The summed E-state index contributed by atoms with van der Waals surface area (Å²) in [4.78, 5) is 24.8. The number of rotatable bonds is 6. The quantitative estimate of drug-likeness (QED) is 0.414. The van der Waals surface area contributed by atoms with Crippen molar-refractivity contribution >= 4 is 5.91 Å². The molecule has 9 nitrogen and oxygen atoms in total. The van der Waals surface area contributed by atoms with Gasteiger partial charge >= 0.3 is 0 Å². The van der Waals surface area contributed by atoms with Gasteiger partial charge in [-0.15, -0.1) is 0 Å². The molecule has 4 aromatic rings. The number of benzene rings is 2. The Bertz CT molecular complexity index is 1440. The van der Waals surface area contributed by atoms with Gasteiger partial charge < -0.3 is 18.9 Å². The minimum absolute atomic E-state index is 0.0691. The van der Waals surface area contributed by atoms with Crippen molar-refractivity contribution in [2.24, 2.45) is 0 Å². The Hall–Kier alpha value is -4.14. The van der Waals surface area contributed by atoms with Crippen molar-refractivity contribution in [3.63, 3.8) is 0 Å². The van der Waals surface area contributed by atoms with E-state index < -0.39 is 0 Å². The largest absolute Gasteiger partial charge is 0.497 e. The fourth-order valence-corrected chi connectivity index (χ4v) is 4.52. The van der Waals surface area contributed by atoms with Gasteiger partial charge in [0.05, 0.1) is 44.3 Å². The average Bonchev–Trinajstić information content (AvgIpc) is 3.49. The van der Waals surface area contributed by atoms with Crippen LogP contribution in [-0.4, -0.2) is 44.7 Å². The van der Waals surface area contributed by atoms with Crippen LogP contribution >= 0.6 is 0 Å². The highest BCUT2D eigenvalue weighted by atomic mass is 16.5. The maximum absolute atomic E-state index is 13.8. The Kier molecular flexibility index (Phi) is 5.05. The lowest BCUT2D eigenvalue weighted by Gasteiger charge is -2.22. The lowest BCUT2D eigenvalue weighted by Crippen LogP contribution is -2.29. The summed E-state index contributed by atoms with van der Waals surface area (Å²) >= 11 is 0. The molecular weight excluding hydrogens is 446 g/mol. The lowest BCUT2D eigenvalue weighted by molar-refractivity contribution is 0.0732. The number of hydrogen-bond acceptors (Lipinski definition) is 7. The molecule has 1 amide bonds. The molecule has 0 bridgehead atoms. The topological polar surface area (TPSA) is 95.5 Å². The zero-order chi connectivity index (χ0) is 24.1. The van der Waals surface area contributed by atoms with Crippen molar-refractivity contribution in [2.45, 2.75) is 38.8 Å². The van der Waals surface area contributed by atoms with Crippen molar-refractivity contribution in [1.29, 1.82) is 0 Å². The first-order chi connectivity index (χ1) is 17.1. The van der Waals surface area contributed by atoms with E-state index in [0.717, 1.165) is 41.2 Å². The molecule has 2 aromatic carbocycles. The number of amides is 1. The van der Waals surface area contributed by atoms with E-state index in [2.05, 4.69) is 15.1 Å². The van der Waals surface area contributed by atoms with Crippen molar-refractivity contribution in [3.8, 4) is 28.8 Å². The van der Waals surface area contributed by atoms with E-state index in [4.69, 9.17) is 14.0 Å². The second-order valence-electron chi connectivity index (χ2n) is 9.00. The average molecular weight is 472 g/mol. The number of carbonyl (C=O) groups excluding carboxylic acids is 1. The van der Waals surface area contributed by atoms with Gasteiger partial charge in [-0.05, 0) is 44.0 Å². The zero-order valence-electron chi connectivity index (χ0n) is 19.8. The second kappa shape index (κ2) is 8.26. The van der Waals surface area contributed by atoms with Gasteiger partial charge in [-0.25, -0.2) is 4.98 Å². The monoisotopic (exact) mass is 471 g/mol. The Labute approximate surface area is 202 Å². The molecule has 9 heteroatoms. The Balaban J connectivity index is 1.45. The van der Waals surface area contributed by atoms with Crippen LogP contribution < -0.4 is 9.47 Å². The normalized spacial score (nSPS) is 14.9. The predicted octanol–water partition coefficient (Wildman–Crippen LogP) is 4.28. The van der Waals surface area contributed by atoms with Crippen LogP contribution in [0.1, 0.15) is 51.8 Å². The van der Waals surface area contributed by atoms with Gasteiger partial charge in [0.1, 0.15) is 17.8 Å². The van der Waals surface area contributed by atoms with Crippen LogP contribution in [0.5, 0.6) is 11.5 Å². The van der Waals surface area contributed by atoms with E-state index in [9.17, 15) is 4.79 Å². The number of carbonyl (C=O) groups is 1. The first kappa shape index (κ1) is 21.4. The van der Waals surface area contributed by atoms with Gasteiger partial charge in [0, 0.05) is 17.5 Å². The minimum Gasteiger partial charge on any atom is -0.497 e. The standard InChI is InChI=1S/C26H25N5O4/c1-15-4-9-20-19(10-15)26(32)30(12-17-7-8-18(33-2)11-22(17)34-3)13-21-23(27-14-31(20)21)25-28-24(29-35-25)16-5-6-16/h4,7-11,14,16H,5-6,12-13H2,1-3H3. The molecule has 0 unspecified atom stereocenters. The Morgan fingerprint density at radius 3 is 2.74 bits per heavy atom. The van der Waals surface area contributed by atoms with Crippen LogP contribution in [0.3, 0.4) is 0 Å². The SMILES string of the molecule is COc1ccc(CN2Cc3c(-c4nc(C5CC5)no4)ncn3-c3ccc(C)cc3C2=O)c(OC)c1. The maximum atomic E-state index is 13.8. The molecular formula is C26H25N5O4. The van der Waals surface area contributed by atoms with E-state index in [1.54, 1.807) is 25.4 Å². The van der Waals surface area contributed by atoms with Crippen LogP contribution in [0.15, 0.2) is 47.2 Å². The molecule has 1 saturated carbocycles. The predicted molar refractivity (Wildman–Crippen MR) is 127 cm³/mol. The molecule has 178 valence electrons. The number of aryl methyl sites for hydroxylation is 1. The van der Waals surface area contributed by atoms with E-state index in [1.807, 2.05) is 47.9 Å². The van der Waals surface area contributed by atoms with E-state index in [-0.39, 0.29) is 5.91 Å². The van der Waals surface area contributed by atoms with Crippen molar-refractivity contribution in [2.75, 3.05) is 14.2 Å². The Morgan fingerprint density at radius 1 is 1.11 bits per heavy atom. The highest BCUT2D eigenvalue weighted by Gasteiger charge is 2.33. The summed E-state index contributed by atoms with van der Waals surface area (Å²) in [6, 6.07) is 11.5. The van der Waals surface area contributed by atoms with Crippen LogP contribution in [0, 0.1) is 6.92 Å². The third kappa shape index (κ3) is 3.73. The van der Waals surface area contributed by atoms with E-state index in [0.29, 0.717) is 47.7 Å². The first-order valence-corrected chi connectivity index (χ1v) is 11.6. The summed E-state index contributed by atoms with van der Waals surface area (Å²) in [6.45, 7) is 2.65. The number of nitrogens with zero attached hydrogens (tertiary/aromatic N) is 5. The van der Waals surface area contributed by atoms with Crippen LogP contribution in [0.25, 0.3) is 17.3 Å². The molecule has 2 aliphatic rings. The number of ether oxygens (including phenoxy) is 2. The number of imidazole rings is 1. The molecule has 0 spiro atoms. The Morgan fingerprint density at radius 2 is 1.97 bits per heavy atom. The molecule has 0 radical (unpaired) electrons. The van der Waals surface area contributed by atoms with Crippen LogP contribution in [0.4, 0.5) is 0 Å². The molecule has 0 atom stereocenters. The second-order valence-corrected chi connectivity index (χ2v) is 9.00. The molecule has 1 aliphatic heterocycles. The van der Waals surface area contributed by atoms with Crippen molar-refractivity contribution in [3.05, 3.63) is 70.9 Å². The third-order valence-corrected chi connectivity index (χ3v) is 6.58. The number of fused-ring (bicyclic) bond motifs is 3. The third-order valence-electron chi connectivity index (χ3n) is 6.58. The van der Waals surface area contributed by atoms with E-state index in [1.165, 1.54) is 0 Å². The smallest absolute Gasteiger partial charge is 0.278 e. The van der Waals surface area contributed by atoms with Crippen LogP contribution in [-0.2, 0) is 13.1 Å². The number of hydrogen-bond donors (Lipinski definition) is 0. The summed E-state index contributed by atoms with van der Waals surface area (Å²) in [5, 5.41) is 4.16. The van der Waals surface area contributed by atoms with Gasteiger partial charge in [-0.3, -0.25) is 9.36 Å². The molecule has 3 heterocycles. The maximum Gasteiger partial charge on any atom is 0.278 e. The molecule has 0 saturated heterocycles. The van der Waals surface area contributed by atoms with Crippen LogP contribution in [0.2, 0.25) is 0 Å². The molecule has 0 N–H and O–H groups in total. The zero-order valence-corrected chi connectivity index (χ0v) is 19.8. The van der Waals surface area contributed by atoms with Crippen molar-refractivity contribution in [1.82, 2.24) is 24.6 Å². The number of methoxy groups -OCH3 is 2. The summed E-state index contributed by atoms with van der Waals surface area (Å²) in [5.74, 6) is 2.76. The molecule has 35 heavy (non-hydrogen) atoms. The van der Waals surface area contributed by atoms with Gasteiger partial charge in [-0.1, -0.05) is 16.8 Å². The summed E-state index contributed by atoms with van der Waals surface area (Å²) in [5.41, 5.74) is 4.69. The van der Waals surface area contributed by atoms with Gasteiger partial charge in [0.25, 0.3) is 11.8 Å². The van der Waals surface area contributed by atoms with Gasteiger partial charge in [0.15, 0.2) is 11.5 Å². The van der Waals surface area contributed by atoms with Gasteiger partial charge in [-0.2, -0.15) is 4.98 Å². The lowest BCUT2D eigenvalue weighted by atomic mass is 10.1. The molecule has 1 fully saturated rings. The minimum atomic E-state index is -0.0691. The number of aromatic nitrogens is 4. The summed E-state index contributed by atoms with van der Waals surface area (Å²) < 4.78 is 18.5. The first-order valence-electron chi connectivity index (χ1n) is 11.6. The molecule has 2 aromatic heterocycles.